The molecule has 1 aliphatic heterocycles. The Balaban J connectivity index is 0.00000625. The van der Waals surface area contributed by atoms with Crippen LogP contribution in [0.5, 0.6) is 0 Å². The molecule has 1 rings (SSSR count). The third kappa shape index (κ3) is 9.21. The van der Waals surface area contributed by atoms with Gasteiger partial charge in [-0.25, -0.2) is 9.59 Å². The molecule has 1 fully saturated rings. The van der Waals surface area contributed by atoms with Crippen molar-refractivity contribution in [3.63, 3.8) is 0 Å². The van der Waals surface area contributed by atoms with Gasteiger partial charge in [0.1, 0.15) is 0 Å². The summed E-state index contributed by atoms with van der Waals surface area (Å²) < 4.78 is 11.0. The molecule has 0 radical (unpaired) electrons. The van der Waals surface area contributed by atoms with E-state index in [1.807, 2.05) is 13.8 Å². The Hall–Kier alpha value is -0.820. The molecule has 0 aliphatic carbocycles. The van der Waals surface area contributed by atoms with Crippen LogP contribution in [0.3, 0.4) is 0 Å². The molecule has 154 valence electrons. The van der Waals surface area contributed by atoms with E-state index in [0.29, 0.717) is 32.8 Å². The summed E-state index contributed by atoms with van der Waals surface area (Å²) in [5, 5.41) is 0. The van der Waals surface area contributed by atoms with Gasteiger partial charge in [0, 0.05) is 0 Å². The first-order valence-electron chi connectivity index (χ1n) is 9.99. The molecule has 0 aromatic heterocycles. The Labute approximate surface area is 169 Å². The first-order chi connectivity index (χ1) is 12.1. The number of quaternary nitrogens is 1. The Morgan fingerprint density at radius 3 is 2.04 bits per heavy atom. The van der Waals surface area contributed by atoms with Crippen LogP contribution < -0.4 is 17.0 Å². The van der Waals surface area contributed by atoms with Crippen LogP contribution in [0.2, 0.25) is 0 Å². The number of carbonyl (C=O) groups excluding carboxylic acids is 2. The molecule has 1 amide bonds. The zero-order chi connectivity index (χ0) is 18.5. The third-order valence-electron chi connectivity index (χ3n) is 4.97. The summed E-state index contributed by atoms with van der Waals surface area (Å²) in [7, 11) is 0. The topological polar surface area (TPSA) is 55.8 Å². The number of carbonyl (C=O) groups is 2. The molecular formula is C19H37BrN2O4. The molecule has 7 heteroatoms. The van der Waals surface area contributed by atoms with Gasteiger partial charge in [0.25, 0.3) is 0 Å². The summed E-state index contributed by atoms with van der Waals surface area (Å²) in [4.78, 5) is 25.7. The number of halogens is 1. The summed E-state index contributed by atoms with van der Waals surface area (Å²) in [6.07, 6.45) is 7.22. The number of amides is 1. The molecule has 0 N–H and O–H groups in total. The first kappa shape index (κ1) is 25.2. The van der Waals surface area contributed by atoms with Gasteiger partial charge in [0.2, 0.25) is 0 Å². The van der Waals surface area contributed by atoms with Gasteiger partial charge in [-0.3, -0.25) is 4.90 Å². The number of rotatable bonds is 11. The van der Waals surface area contributed by atoms with Gasteiger partial charge in [-0.05, 0) is 26.7 Å². The predicted octanol–water partition coefficient (Wildman–Crippen LogP) is 0.203. The van der Waals surface area contributed by atoms with E-state index in [0.717, 1.165) is 30.5 Å². The van der Waals surface area contributed by atoms with Gasteiger partial charge in [-0.1, -0.05) is 32.6 Å². The largest absolute Gasteiger partial charge is 1.00 e. The molecule has 1 saturated heterocycles. The summed E-state index contributed by atoms with van der Waals surface area (Å²) in [6, 6.07) is 0. The predicted molar refractivity (Wildman–Crippen MR) is 98.3 cm³/mol. The second-order valence-electron chi connectivity index (χ2n) is 6.93. The third-order valence-corrected chi connectivity index (χ3v) is 4.97. The highest BCUT2D eigenvalue weighted by molar-refractivity contribution is 5.70. The zero-order valence-corrected chi connectivity index (χ0v) is 18.4. The maximum atomic E-state index is 12.1. The van der Waals surface area contributed by atoms with Crippen molar-refractivity contribution in [1.82, 2.24) is 4.90 Å². The van der Waals surface area contributed by atoms with Gasteiger partial charge >= 0.3 is 12.1 Å². The van der Waals surface area contributed by atoms with Crippen molar-refractivity contribution < 1.29 is 40.5 Å². The van der Waals surface area contributed by atoms with Crippen molar-refractivity contribution in [2.45, 2.75) is 59.3 Å². The normalized spacial score (nSPS) is 15.9. The lowest BCUT2D eigenvalue weighted by molar-refractivity contribution is -0.925. The molecular weight excluding hydrogens is 400 g/mol. The van der Waals surface area contributed by atoms with E-state index >= 15 is 0 Å². The van der Waals surface area contributed by atoms with E-state index in [4.69, 9.17) is 9.47 Å². The van der Waals surface area contributed by atoms with Crippen LogP contribution in [0.4, 0.5) is 4.79 Å². The number of piperazine rings is 1. The fourth-order valence-electron chi connectivity index (χ4n) is 3.46. The molecule has 0 atom stereocenters. The smallest absolute Gasteiger partial charge is 0.410 e. The van der Waals surface area contributed by atoms with E-state index in [9.17, 15) is 9.59 Å². The lowest BCUT2D eigenvalue weighted by Crippen LogP contribution is -3.00. The molecule has 0 unspecified atom stereocenters. The minimum atomic E-state index is -0.240. The van der Waals surface area contributed by atoms with Gasteiger partial charge < -0.3 is 30.9 Å². The minimum absolute atomic E-state index is 0. The second-order valence-corrected chi connectivity index (χ2v) is 6.93. The van der Waals surface area contributed by atoms with E-state index < -0.39 is 0 Å². The highest BCUT2D eigenvalue weighted by Gasteiger charge is 2.36. The highest BCUT2D eigenvalue weighted by Crippen LogP contribution is 2.17. The lowest BCUT2D eigenvalue weighted by Gasteiger charge is -2.43. The van der Waals surface area contributed by atoms with Gasteiger partial charge in [0.05, 0.1) is 45.9 Å². The summed E-state index contributed by atoms with van der Waals surface area (Å²) in [6.45, 7) is 11.0. The maximum Gasteiger partial charge on any atom is 0.410 e. The molecule has 0 bridgehead atoms. The highest BCUT2D eigenvalue weighted by atomic mass is 79.9. The number of nitrogens with zero attached hydrogens (tertiary/aromatic N) is 2. The maximum absolute atomic E-state index is 12.1. The average molecular weight is 437 g/mol. The first-order valence-corrected chi connectivity index (χ1v) is 9.99. The van der Waals surface area contributed by atoms with Crippen LogP contribution in [0.1, 0.15) is 59.3 Å². The van der Waals surface area contributed by atoms with Crippen molar-refractivity contribution in [1.29, 1.82) is 0 Å². The Morgan fingerprint density at radius 2 is 1.46 bits per heavy atom. The van der Waals surface area contributed by atoms with Crippen LogP contribution in [0.15, 0.2) is 0 Å². The van der Waals surface area contributed by atoms with Crippen molar-refractivity contribution in [2.75, 3.05) is 52.5 Å². The van der Waals surface area contributed by atoms with E-state index in [2.05, 4.69) is 6.92 Å². The van der Waals surface area contributed by atoms with Crippen molar-refractivity contribution >= 4 is 12.1 Å². The van der Waals surface area contributed by atoms with Crippen molar-refractivity contribution in [3.8, 4) is 0 Å². The van der Waals surface area contributed by atoms with E-state index in [1.54, 1.807) is 4.90 Å². The van der Waals surface area contributed by atoms with Crippen LogP contribution in [0.25, 0.3) is 0 Å². The molecule has 0 aromatic carbocycles. The molecule has 0 saturated carbocycles. The molecule has 0 aromatic rings. The molecule has 6 nitrogen and oxygen atoms in total. The standard InChI is InChI=1S/C19H37N2O4.BrH/c1-4-7-8-9-10-11-14-21(17-18(22)24-5-2)15-12-20(13-16-21)19(23)25-6-3;/h4-17H2,1-3H3;1H/q+1;/p-1. The summed E-state index contributed by atoms with van der Waals surface area (Å²) >= 11 is 0. The van der Waals surface area contributed by atoms with E-state index in [-0.39, 0.29) is 29.0 Å². The second kappa shape index (κ2) is 14.3. The number of hydrogen-bond acceptors (Lipinski definition) is 4. The van der Waals surface area contributed by atoms with E-state index in [1.165, 1.54) is 32.1 Å². The van der Waals surface area contributed by atoms with Gasteiger partial charge in [-0.2, -0.15) is 0 Å². The fourth-order valence-corrected chi connectivity index (χ4v) is 3.46. The van der Waals surface area contributed by atoms with Crippen LogP contribution in [-0.2, 0) is 14.3 Å². The Morgan fingerprint density at radius 1 is 0.885 bits per heavy atom. The number of ether oxygens (including phenoxy) is 2. The van der Waals surface area contributed by atoms with Crippen LogP contribution in [0, 0.1) is 0 Å². The minimum Gasteiger partial charge on any atom is -1.00 e. The zero-order valence-electron chi connectivity index (χ0n) is 16.8. The van der Waals surface area contributed by atoms with Gasteiger partial charge in [-0.15, -0.1) is 0 Å². The van der Waals surface area contributed by atoms with Crippen molar-refractivity contribution in [3.05, 3.63) is 0 Å². The monoisotopic (exact) mass is 436 g/mol. The Bertz CT molecular complexity index is 399. The summed E-state index contributed by atoms with van der Waals surface area (Å²) in [5.74, 6) is -0.127. The summed E-state index contributed by atoms with van der Waals surface area (Å²) in [5.41, 5.74) is 0. The number of esters is 1. The number of unbranched alkanes of at least 4 members (excludes halogenated alkanes) is 5. The molecule has 0 spiro atoms. The number of hydrogen-bond donors (Lipinski definition) is 0. The van der Waals surface area contributed by atoms with Gasteiger partial charge in [0.15, 0.2) is 6.54 Å². The van der Waals surface area contributed by atoms with Crippen LogP contribution in [-0.4, -0.2) is 73.9 Å². The molecule has 1 heterocycles. The average Bonchev–Trinajstić information content (AvgIpc) is 2.59. The molecule has 1 aliphatic rings. The lowest BCUT2D eigenvalue weighted by atomic mass is 10.1. The van der Waals surface area contributed by atoms with Crippen molar-refractivity contribution in [2.24, 2.45) is 0 Å². The molecule has 26 heavy (non-hydrogen) atoms. The quantitative estimate of drug-likeness (QED) is 0.263. The SMILES string of the molecule is CCCCCCCC[N+]1(CC(=O)OCC)CCN(C(=O)OCC)CC1.[Br-]. The fraction of sp³-hybridized carbons (Fsp3) is 0.895. The Kier molecular flexibility index (Phi) is 13.8. The van der Waals surface area contributed by atoms with Crippen LogP contribution >= 0.6 is 0 Å².